The van der Waals surface area contributed by atoms with Gasteiger partial charge < -0.3 is 10.0 Å². The maximum atomic E-state index is 12.3. The van der Waals surface area contributed by atoms with Gasteiger partial charge in [-0.15, -0.1) is 0 Å². The molecule has 4 nitrogen and oxygen atoms in total. The van der Waals surface area contributed by atoms with Gasteiger partial charge in [0.2, 0.25) is 5.91 Å². The molecule has 0 aromatic carbocycles. The molecule has 19 heavy (non-hydrogen) atoms. The second-order valence-electron chi connectivity index (χ2n) is 6.17. The van der Waals surface area contributed by atoms with E-state index in [1.54, 1.807) is 0 Å². The highest BCUT2D eigenvalue weighted by Gasteiger charge is 2.27. The molecule has 2 unspecified atom stereocenters. The van der Waals surface area contributed by atoms with Crippen molar-refractivity contribution in [1.82, 2.24) is 9.80 Å². The lowest BCUT2D eigenvalue weighted by molar-refractivity contribution is -0.134. The Balaban J connectivity index is 1.74. The molecule has 0 aromatic heterocycles. The number of carbonyl (C=O) groups excluding carboxylic acids is 1. The monoisotopic (exact) mass is 268 g/mol. The summed E-state index contributed by atoms with van der Waals surface area (Å²) in [5, 5.41) is 8.92. The summed E-state index contributed by atoms with van der Waals surface area (Å²) >= 11 is 0. The molecule has 2 atom stereocenters. The van der Waals surface area contributed by atoms with Gasteiger partial charge in [-0.2, -0.15) is 0 Å². The van der Waals surface area contributed by atoms with E-state index in [0.29, 0.717) is 17.7 Å². The third-order valence-corrected chi connectivity index (χ3v) is 4.87. The van der Waals surface area contributed by atoms with Gasteiger partial charge in [-0.3, -0.25) is 9.69 Å². The van der Waals surface area contributed by atoms with Crippen LogP contribution < -0.4 is 0 Å². The number of β-amino-alcohol motifs (C(OH)–C–C–N with tert-alkyl or cyclic N) is 1. The van der Waals surface area contributed by atoms with E-state index in [9.17, 15) is 4.79 Å². The molecule has 0 radical (unpaired) electrons. The molecule has 0 spiro atoms. The summed E-state index contributed by atoms with van der Waals surface area (Å²) in [5.74, 6) is 1.67. The fourth-order valence-corrected chi connectivity index (χ4v) is 3.41. The average molecular weight is 268 g/mol. The van der Waals surface area contributed by atoms with Gasteiger partial charge in [0.05, 0.1) is 6.61 Å². The van der Waals surface area contributed by atoms with Gasteiger partial charge in [0.25, 0.3) is 0 Å². The first kappa shape index (κ1) is 14.8. The van der Waals surface area contributed by atoms with Crippen LogP contribution in [-0.2, 0) is 4.79 Å². The summed E-state index contributed by atoms with van der Waals surface area (Å²) in [6, 6.07) is 0. The summed E-state index contributed by atoms with van der Waals surface area (Å²) in [5.41, 5.74) is 0. The summed E-state index contributed by atoms with van der Waals surface area (Å²) in [6.07, 6.45) is 5.92. The maximum absolute atomic E-state index is 12.3. The molecule has 1 heterocycles. The van der Waals surface area contributed by atoms with E-state index >= 15 is 0 Å². The van der Waals surface area contributed by atoms with Crippen LogP contribution in [0.1, 0.15) is 39.0 Å². The minimum atomic E-state index is 0.216. The summed E-state index contributed by atoms with van der Waals surface area (Å²) in [4.78, 5) is 16.6. The maximum Gasteiger partial charge on any atom is 0.222 e. The highest BCUT2D eigenvalue weighted by atomic mass is 16.3. The molecular formula is C15H28N2O2. The normalized spacial score (nSPS) is 29.5. The predicted octanol–water partition coefficient (Wildman–Crippen LogP) is 1.34. The number of nitrogens with zero attached hydrogens (tertiary/aromatic N) is 2. The molecule has 0 bridgehead atoms. The van der Waals surface area contributed by atoms with Gasteiger partial charge in [0.15, 0.2) is 0 Å². The number of hydrogen-bond acceptors (Lipinski definition) is 3. The van der Waals surface area contributed by atoms with Crippen LogP contribution in [0.15, 0.2) is 0 Å². The standard InChI is InChI=1S/C15H28N2O2/c1-13-4-2-3-5-14(13)12-15(19)17-8-6-16(7-9-17)10-11-18/h13-14,18H,2-12H2,1H3. The van der Waals surface area contributed by atoms with Crippen molar-refractivity contribution in [3.05, 3.63) is 0 Å². The van der Waals surface area contributed by atoms with E-state index in [0.717, 1.165) is 39.1 Å². The lowest BCUT2D eigenvalue weighted by atomic mass is 9.78. The molecular weight excluding hydrogens is 240 g/mol. The van der Waals surface area contributed by atoms with Gasteiger partial charge in [-0.05, 0) is 18.3 Å². The third kappa shape index (κ3) is 4.18. The Morgan fingerprint density at radius 1 is 1.16 bits per heavy atom. The van der Waals surface area contributed by atoms with Crippen molar-refractivity contribution in [1.29, 1.82) is 0 Å². The molecule has 1 saturated heterocycles. The lowest BCUT2D eigenvalue weighted by Crippen LogP contribution is -2.49. The molecule has 2 rings (SSSR count). The molecule has 1 aliphatic heterocycles. The van der Waals surface area contributed by atoms with Gasteiger partial charge in [-0.25, -0.2) is 0 Å². The van der Waals surface area contributed by atoms with Crippen LogP contribution in [0.5, 0.6) is 0 Å². The van der Waals surface area contributed by atoms with Crippen LogP contribution in [0.25, 0.3) is 0 Å². The Labute approximate surface area is 116 Å². The Morgan fingerprint density at radius 2 is 1.84 bits per heavy atom. The average Bonchev–Trinajstić information content (AvgIpc) is 2.42. The van der Waals surface area contributed by atoms with Crippen LogP contribution in [0.4, 0.5) is 0 Å². The van der Waals surface area contributed by atoms with E-state index in [2.05, 4.69) is 11.8 Å². The van der Waals surface area contributed by atoms with E-state index in [1.165, 1.54) is 25.7 Å². The quantitative estimate of drug-likeness (QED) is 0.837. The number of aliphatic hydroxyl groups is 1. The van der Waals surface area contributed by atoms with Crippen molar-refractivity contribution >= 4 is 5.91 Å². The zero-order valence-electron chi connectivity index (χ0n) is 12.2. The SMILES string of the molecule is CC1CCCCC1CC(=O)N1CCN(CCO)CC1. The number of piperazine rings is 1. The highest BCUT2D eigenvalue weighted by molar-refractivity contribution is 5.76. The van der Waals surface area contributed by atoms with Gasteiger partial charge in [0, 0.05) is 39.1 Å². The fraction of sp³-hybridized carbons (Fsp3) is 0.933. The van der Waals surface area contributed by atoms with Crippen molar-refractivity contribution < 1.29 is 9.90 Å². The molecule has 2 fully saturated rings. The molecule has 4 heteroatoms. The molecule has 110 valence electrons. The van der Waals surface area contributed by atoms with E-state index in [1.807, 2.05) is 4.90 Å². The minimum absolute atomic E-state index is 0.216. The largest absolute Gasteiger partial charge is 0.395 e. The number of rotatable bonds is 4. The van der Waals surface area contributed by atoms with Crippen molar-refractivity contribution in [2.75, 3.05) is 39.3 Å². The molecule has 1 saturated carbocycles. The van der Waals surface area contributed by atoms with Crippen LogP contribution >= 0.6 is 0 Å². The zero-order valence-corrected chi connectivity index (χ0v) is 12.2. The molecule has 1 aliphatic carbocycles. The Kier molecular flexibility index (Phi) is 5.64. The fourth-order valence-electron chi connectivity index (χ4n) is 3.41. The van der Waals surface area contributed by atoms with Crippen LogP contribution in [0.3, 0.4) is 0 Å². The summed E-state index contributed by atoms with van der Waals surface area (Å²) in [7, 11) is 0. The Morgan fingerprint density at radius 3 is 2.47 bits per heavy atom. The number of hydrogen-bond donors (Lipinski definition) is 1. The summed E-state index contributed by atoms with van der Waals surface area (Å²) < 4.78 is 0. The van der Waals surface area contributed by atoms with Crippen LogP contribution in [-0.4, -0.2) is 60.1 Å². The Bertz CT molecular complexity index is 288. The molecule has 1 N–H and O–H groups in total. The smallest absolute Gasteiger partial charge is 0.222 e. The summed E-state index contributed by atoms with van der Waals surface area (Å²) in [6.45, 7) is 6.74. The van der Waals surface area contributed by atoms with Gasteiger partial charge >= 0.3 is 0 Å². The second kappa shape index (κ2) is 7.25. The van der Waals surface area contributed by atoms with E-state index < -0.39 is 0 Å². The first-order chi connectivity index (χ1) is 9.20. The molecule has 0 aromatic rings. The van der Waals surface area contributed by atoms with E-state index in [4.69, 9.17) is 5.11 Å². The van der Waals surface area contributed by atoms with Gasteiger partial charge in [0.1, 0.15) is 0 Å². The first-order valence-corrected chi connectivity index (χ1v) is 7.81. The van der Waals surface area contributed by atoms with Crippen LogP contribution in [0.2, 0.25) is 0 Å². The highest BCUT2D eigenvalue weighted by Crippen LogP contribution is 2.32. The molecule has 1 amide bonds. The minimum Gasteiger partial charge on any atom is -0.395 e. The van der Waals surface area contributed by atoms with Crippen LogP contribution in [0, 0.1) is 11.8 Å². The second-order valence-corrected chi connectivity index (χ2v) is 6.17. The van der Waals surface area contributed by atoms with Crippen molar-refractivity contribution in [2.24, 2.45) is 11.8 Å². The van der Waals surface area contributed by atoms with Crippen molar-refractivity contribution in [3.63, 3.8) is 0 Å². The first-order valence-electron chi connectivity index (χ1n) is 7.81. The predicted molar refractivity (Wildman–Crippen MR) is 75.8 cm³/mol. The van der Waals surface area contributed by atoms with Crippen molar-refractivity contribution in [3.8, 4) is 0 Å². The van der Waals surface area contributed by atoms with E-state index in [-0.39, 0.29) is 6.61 Å². The van der Waals surface area contributed by atoms with Gasteiger partial charge in [-0.1, -0.05) is 26.2 Å². The molecule has 2 aliphatic rings. The Hall–Kier alpha value is -0.610. The number of aliphatic hydroxyl groups excluding tert-OH is 1. The van der Waals surface area contributed by atoms with Crippen molar-refractivity contribution in [2.45, 2.75) is 39.0 Å². The topological polar surface area (TPSA) is 43.8 Å². The number of amides is 1. The lowest BCUT2D eigenvalue weighted by Gasteiger charge is -2.36. The zero-order chi connectivity index (χ0) is 13.7. The number of carbonyl (C=O) groups is 1. The third-order valence-electron chi connectivity index (χ3n) is 4.87.